The van der Waals surface area contributed by atoms with Gasteiger partial charge in [-0.25, -0.2) is 0 Å². The van der Waals surface area contributed by atoms with Gasteiger partial charge in [-0.05, 0) is 12.7 Å². The van der Waals surface area contributed by atoms with Gasteiger partial charge in [0.05, 0.1) is 5.92 Å². The number of carbonyl (C=O) groups is 2. The first-order valence-corrected chi connectivity index (χ1v) is 8.61. The van der Waals surface area contributed by atoms with Crippen molar-refractivity contribution in [3.63, 3.8) is 0 Å². The minimum Gasteiger partial charge on any atom is -0.481 e. The summed E-state index contributed by atoms with van der Waals surface area (Å²) in [7, 11) is 0. The molecule has 2 N–H and O–H groups in total. The Kier molecular flexibility index (Phi) is 4.43. The second-order valence-corrected chi connectivity index (χ2v) is 6.72. The lowest BCUT2D eigenvalue weighted by molar-refractivity contribution is -0.140. The summed E-state index contributed by atoms with van der Waals surface area (Å²) in [5.74, 6) is -2.11. The number of thioether (sulfide) groups is 1. The first kappa shape index (κ1) is 15.7. The number of rotatable bonds is 5. The van der Waals surface area contributed by atoms with Gasteiger partial charge in [0.1, 0.15) is 0 Å². The van der Waals surface area contributed by atoms with E-state index < -0.39 is 17.8 Å². The van der Waals surface area contributed by atoms with Gasteiger partial charge in [-0.2, -0.15) is 0 Å². The molecule has 2 aromatic heterocycles. The fourth-order valence-electron chi connectivity index (χ4n) is 2.06. The Labute approximate surface area is 138 Å². The Morgan fingerprint density at radius 2 is 2.22 bits per heavy atom. The normalized spacial score (nSPS) is 17.4. The summed E-state index contributed by atoms with van der Waals surface area (Å²) in [6.07, 6.45) is 2.36. The van der Waals surface area contributed by atoms with Gasteiger partial charge >= 0.3 is 23.8 Å². The predicted octanol–water partition coefficient (Wildman–Crippen LogP) is 0.806. The zero-order valence-corrected chi connectivity index (χ0v) is 13.6. The average molecular weight is 356 g/mol. The lowest BCUT2D eigenvalue weighted by atomic mass is 10.1. The molecule has 1 aliphatic heterocycles. The smallest absolute Gasteiger partial charge is 0.318 e. The van der Waals surface area contributed by atoms with Crippen LogP contribution in [0.25, 0.3) is 0 Å². The van der Waals surface area contributed by atoms with Crippen molar-refractivity contribution in [2.45, 2.75) is 10.8 Å². The van der Waals surface area contributed by atoms with Crippen molar-refractivity contribution in [3.8, 4) is 0 Å². The second-order valence-electron chi connectivity index (χ2n) is 4.69. The largest absolute Gasteiger partial charge is 0.481 e. The summed E-state index contributed by atoms with van der Waals surface area (Å²) >= 11 is 2.66. The summed E-state index contributed by atoms with van der Waals surface area (Å²) in [5.41, 5.74) is 0. The third kappa shape index (κ3) is 3.42. The first-order chi connectivity index (χ1) is 11.1. The van der Waals surface area contributed by atoms with Crippen LogP contribution in [0.4, 0.5) is 11.1 Å². The van der Waals surface area contributed by atoms with Gasteiger partial charge in [-0.15, -0.1) is 15.3 Å². The van der Waals surface area contributed by atoms with Crippen LogP contribution >= 0.6 is 23.1 Å². The molecule has 3 rings (SSSR count). The Morgan fingerprint density at radius 3 is 2.87 bits per heavy atom. The number of carboxylic acid groups (broad SMARTS) is 1. The lowest BCUT2D eigenvalue weighted by Gasteiger charge is -2.10. The molecule has 1 unspecified atom stereocenters. The van der Waals surface area contributed by atoms with E-state index >= 15 is 0 Å². The molecule has 0 bridgehead atoms. The Bertz CT molecular complexity index is 732. The van der Waals surface area contributed by atoms with E-state index in [4.69, 9.17) is 9.52 Å². The van der Waals surface area contributed by atoms with Crippen LogP contribution in [0.5, 0.6) is 0 Å². The van der Waals surface area contributed by atoms with E-state index in [1.54, 1.807) is 4.90 Å². The summed E-state index contributed by atoms with van der Waals surface area (Å²) in [6.45, 7) is 0.778. The molecule has 1 fully saturated rings. The third-order valence-electron chi connectivity index (χ3n) is 3.22. The highest BCUT2D eigenvalue weighted by Crippen LogP contribution is 2.25. The van der Waals surface area contributed by atoms with Crippen LogP contribution in [0.3, 0.4) is 0 Å². The number of hydrogen-bond donors (Lipinski definition) is 2. The minimum absolute atomic E-state index is 0.140. The topological polar surface area (TPSA) is 134 Å². The molecule has 0 spiro atoms. The molecule has 10 nitrogen and oxygen atoms in total. The average Bonchev–Trinajstić information content (AvgIpc) is 3.26. The van der Waals surface area contributed by atoms with Crippen LogP contribution in [0.15, 0.2) is 8.76 Å². The third-order valence-corrected chi connectivity index (χ3v) is 5.03. The van der Waals surface area contributed by atoms with Crippen LogP contribution in [0.1, 0.15) is 17.1 Å². The van der Waals surface area contributed by atoms with Crippen molar-refractivity contribution in [3.05, 3.63) is 5.89 Å². The number of amides is 1. The van der Waals surface area contributed by atoms with Crippen LogP contribution in [-0.2, 0) is 4.79 Å². The Balaban J connectivity index is 1.64. The molecule has 1 amide bonds. The molecule has 1 atom stereocenters. The number of carbonyl (C=O) groups excluding carboxylic acids is 1. The van der Waals surface area contributed by atoms with E-state index in [9.17, 15) is 9.59 Å². The molecular weight excluding hydrogens is 344 g/mol. The molecule has 0 aliphatic carbocycles. The Hall–Kier alpha value is -2.21. The van der Waals surface area contributed by atoms with E-state index in [1.807, 2.05) is 6.26 Å². The number of hydrogen-bond acceptors (Lipinski definition) is 10. The van der Waals surface area contributed by atoms with Crippen molar-refractivity contribution >= 4 is 46.1 Å². The molecule has 0 saturated carbocycles. The Morgan fingerprint density at radius 1 is 1.39 bits per heavy atom. The minimum atomic E-state index is -0.856. The molecule has 2 aromatic rings. The van der Waals surface area contributed by atoms with Gasteiger partial charge < -0.3 is 14.4 Å². The second kappa shape index (κ2) is 6.50. The fraction of sp³-hybridized carbons (Fsp3) is 0.455. The van der Waals surface area contributed by atoms with Crippen LogP contribution in [0.2, 0.25) is 0 Å². The van der Waals surface area contributed by atoms with Crippen LogP contribution in [-0.4, -0.2) is 56.7 Å². The van der Waals surface area contributed by atoms with Gasteiger partial charge in [0, 0.05) is 13.1 Å². The number of aliphatic carboxylic acids is 1. The zero-order valence-electron chi connectivity index (χ0n) is 11.9. The molecule has 1 saturated heterocycles. The van der Waals surface area contributed by atoms with Crippen molar-refractivity contribution in [1.29, 1.82) is 0 Å². The van der Waals surface area contributed by atoms with Crippen molar-refractivity contribution in [2.24, 2.45) is 5.92 Å². The number of aromatic nitrogens is 4. The summed E-state index contributed by atoms with van der Waals surface area (Å²) in [4.78, 5) is 24.6. The predicted molar refractivity (Wildman–Crippen MR) is 81.9 cm³/mol. The van der Waals surface area contributed by atoms with E-state index in [0.717, 1.165) is 4.34 Å². The molecule has 3 heterocycles. The van der Waals surface area contributed by atoms with E-state index in [1.165, 1.54) is 23.1 Å². The highest BCUT2D eigenvalue weighted by atomic mass is 32.2. The first-order valence-electron chi connectivity index (χ1n) is 6.57. The van der Waals surface area contributed by atoms with Crippen molar-refractivity contribution in [2.75, 3.05) is 29.6 Å². The molecule has 122 valence electrons. The van der Waals surface area contributed by atoms with Gasteiger partial charge in [-0.1, -0.05) is 28.2 Å². The maximum atomic E-state index is 12.0. The summed E-state index contributed by atoms with van der Waals surface area (Å²) < 4.78 is 6.04. The van der Waals surface area contributed by atoms with Crippen molar-refractivity contribution < 1.29 is 19.1 Å². The number of carboxylic acids is 1. The standard InChI is InChI=1S/C11H12N6O4S2/c1-22-11-16-14-9(23-11)12-6(18)7-13-15-10(21-7)17-3-2-5(4-17)8(19)20/h5H,2-4H2,1H3,(H,19,20)(H,12,14,18). The highest BCUT2D eigenvalue weighted by Gasteiger charge is 2.31. The van der Waals surface area contributed by atoms with E-state index in [-0.39, 0.29) is 18.5 Å². The number of nitrogens with one attached hydrogen (secondary N) is 1. The van der Waals surface area contributed by atoms with Gasteiger partial charge in [-0.3, -0.25) is 14.9 Å². The molecule has 1 aliphatic rings. The van der Waals surface area contributed by atoms with Gasteiger partial charge in [0.2, 0.25) is 5.13 Å². The van der Waals surface area contributed by atoms with Gasteiger partial charge in [0.25, 0.3) is 0 Å². The number of nitrogens with zero attached hydrogens (tertiary/aromatic N) is 5. The molecule has 0 aromatic carbocycles. The maximum absolute atomic E-state index is 12.0. The van der Waals surface area contributed by atoms with E-state index in [0.29, 0.717) is 18.1 Å². The monoisotopic (exact) mass is 356 g/mol. The maximum Gasteiger partial charge on any atom is 0.318 e. The quantitative estimate of drug-likeness (QED) is 0.585. The zero-order chi connectivity index (χ0) is 16.4. The summed E-state index contributed by atoms with van der Waals surface area (Å²) in [6, 6.07) is 0.140. The molecule has 0 radical (unpaired) electrons. The van der Waals surface area contributed by atoms with Crippen LogP contribution in [0, 0.1) is 5.92 Å². The van der Waals surface area contributed by atoms with Crippen molar-refractivity contribution in [1.82, 2.24) is 20.4 Å². The fourth-order valence-corrected chi connectivity index (χ4v) is 3.23. The van der Waals surface area contributed by atoms with E-state index in [2.05, 4.69) is 25.7 Å². The molecule has 12 heteroatoms. The molecular formula is C11H12N6O4S2. The van der Waals surface area contributed by atoms with Gasteiger partial charge in [0.15, 0.2) is 4.34 Å². The highest BCUT2D eigenvalue weighted by molar-refractivity contribution is 8.00. The number of anilines is 2. The van der Waals surface area contributed by atoms with Crippen LogP contribution < -0.4 is 10.2 Å². The summed E-state index contributed by atoms with van der Waals surface area (Å²) in [5, 5.41) is 27.0. The molecule has 23 heavy (non-hydrogen) atoms. The lowest BCUT2D eigenvalue weighted by Crippen LogP contribution is -2.22. The SMILES string of the molecule is CSc1nnc(NC(=O)c2nnc(N3CCC(C(=O)O)C3)o2)s1.